The Hall–Kier alpha value is -4.83. The number of hydrogen-bond acceptors (Lipinski definition) is 8. The number of likely N-dealkylation sites (N-methyl/N-ethyl adjacent to an activating group) is 1. The Balaban J connectivity index is 4.14. The van der Waals surface area contributed by atoms with Crippen molar-refractivity contribution in [2.45, 2.75) is 347 Å². The summed E-state index contributed by atoms with van der Waals surface area (Å²) in [5, 5.41) is 11.9. The second-order valence-corrected chi connectivity index (χ2v) is 27.6. The minimum absolute atomic E-state index is 0.135. The molecule has 0 aliphatic heterocycles. The molecule has 0 radical (unpaired) electrons. The fourth-order valence-electron chi connectivity index (χ4n) is 11.0. The van der Waals surface area contributed by atoms with Gasteiger partial charge >= 0.3 is 11.9 Å². The second-order valence-electron chi connectivity index (χ2n) is 27.6. The monoisotopic (exact) mass is 1350 g/mol. The summed E-state index contributed by atoms with van der Waals surface area (Å²) in [4.78, 5) is 37.6. The first kappa shape index (κ1) is 92.2. The maximum atomic E-state index is 13.0. The van der Waals surface area contributed by atoms with Gasteiger partial charge < -0.3 is 33.3 Å². The van der Waals surface area contributed by atoms with Gasteiger partial charge in [0.15, 0.2) is 12.4 Å². The van der Waals surface area contributed by atoms with E-state index in [1.54, 1.807) is 0 Å². The molecule has 0 aliphatic carbocycles. The highest BCUT2D eigenvalue weighted by Gasteiger charge is 2.22. The fraction of sp³-hybridized carbons (Fsp3) is 0.693. The van der Waals surface area contributed by atoms with E-state index in [0.717, 1.165) is 109 Å². The molecule has 9 nitrogen and oxygen atoms in total. The third-order valence-corrected chi connectivity index (χ3v) is 17.1. The van der Waals surface area contributed by atoms with Gasteiger partial charge in [0.25, 0.3) is 0 Å². The van der Waals surface area contributed by atoms with Crippen LogP contribution >= 0.6 is 0 Å². The number of allylic oxidation sites excluding steroid dienone is 24. The minimum atomic E-state index is -1.64. The van der Waals surface area contributed by atoms with Gasteiger partial charge in [-0.2, -0.15) is 0 Å². The number of rotatable bonds is 73. The van der Waals surface area contributed by atoms with Gasteiger partial charge in [0.05, 0.1) is 40.3 Å². The van der Waals surface area contributed by atoms with Crippen LogP contribution in [0.3, 0.4) is 0 Å². The molecular formula is C88H149NO8. The molecule has 9 heteroatoms. The normalized spacial score (nSPS) is 13.5. The van der Waals surface area contributed by atoms with Crippen LogP contribution in [-0.4, -0.2) is 82.3 Å². The van der Waals surface area contributed by atoms with E-state index >= 15 is 0 Å². The Morgan fingerprint density at radius 1 is 0.320 bits per heavy atom. The number of carboxylic acid groups (broad SMARTS) is 1. The van der Waals surface area contributed by atoms with Crippen molar-refractivity contribution < 1.29 is 42.9 Å². The zero-order valence-corrected chi connectivity index (χ0v) is 63.4. The summed E-state index contributed by atoms with van der Waals surface area (Å²) >= 11 is 0. The first-order valence-corrected chi connectivity index (χ1v) is 40.0. The van der Waals surface area contributed by atoms with Crippen LogP contribution in [0.1, 0.15) is 335 Å². The van der Waals surface area contributed by atoms with Crippen molar-refractivity contribution in [3.63, 3.8) is 0 Å². The Bertz CT molecular complexity index is 2110. The van der Waals surface area contributed by atoms with Gasteiger partial charge in [-0.3, -0.25) is 9.59 Å². The van der Waals surface area contributed by atoms with Gasteiger partial charge in [-0.25, -0.2) is 0 Å². The fourth-order valence-corrected chi connectivity index (χ4v) is 11.0. The van der Waals surface area contributed by atoms with Crippen LogP contribution in [0, 0.1) is 0 Å². The zero-order chi connectivity index (χ0) is 70.4. The quantitative estimate of drug-likeness (QED) is 0.0195. The van der Waals surface area contributed by atoms with Gasteiger partial charge in [0.1, 0.15) is 13.2 Å². The number of esters is 2. The van der Waals surface area contributed by atoms with Crippen molar-refractivity contribution in [2.75, 3.05) is 47.5 Å². The van der Waals surface area contributed by atoms with Gasteiger partial charge in [-0.05, 0) is 122 Å². The van der Waals surface area contributed by atoms with Crippen LogP contribution in [-0.2, 0) is 33.3 Å². The molecule has 0 aliphatic rings. The van der Waals surface area contributed by atoms with Crippen molar-refractivity contribution in [2.24, 2.45) is 0 Å². The topological polar surface area (TPSA) is 111 Å². The highest BCUT2D eigenvalue weighted by Crippen LogP contribution is 2.18. The second kappa shape index (κ2) is 76.9. The van der Waals surface area contributed by atoms with Crippen molar-refractivity contribution in [3.05, 3.63) is 146 Å². The van der Waals surface area contributed by atoms with E-state index in [0.29, 0.717) is 17.4 Å². The van der Waals surface area contributed by atoms with E-state index in [9.17, 15) is 19.5 Å². The summed E-state index contributed by atoms with van der Waals surface area (Å²) < 4.78 is 22.8. The molecule has 0 aromatic rings. The molecule has 0 saturated heterocycles. The molecular weight excluding hydrogens is 1200 g/mol. The van der Waals surface area contributed by atoms with Gasteiger partial charge in [0.2, 0.25) is 0 Å². The number of carboxylic acids is 1. The molecule has 0 aromatic heterocycles. The molecule has 0 saturated carbocycles. The number of quaternary nitrogens is 1. The number of aliphatic carboxylic acids is 1. The molecule has 2 unspecified atom stereocenters. The number of hydrogen-bond donors (Lipinski definition) is 0. The lowest BCUT2D eigenvalue weighted by Crippen LogP contribution is -2.44. The predicted molar refractivity (Wildman–Crippen MR) is 416 cm³/mol. The van der Waals surface area contributed by atoms with Crippen LogP contribution < -0.4 is 5.11 Å². The molecule has 0 rings (SSSR count). The maximum Gasteiger partial charge on any atom is 0.306 e. The molecule has 0 heterocycles. The van der Waals surface area contributed by atoms with Crippen molar-refractivity contribution in [1.82, 2.24) is 0 Å². The highest BCUT2D eigenvalue weighted by atomic mass is 16.7. The van der Waals surface area contributed by atoms with E-state index in [2.05, 4.69) is 160 Å². The van der Waals surface area contributed by atoms with Crippen molar-refractivity contribution >= 4 is 17.9 Å². The molecule has 0 bridgehead atoms. The highest BCUT2D eigenvalue weighted by molar-refractivity contribution is 5.70. The summed E-state index contributed by atoms with van der Waals surface area (Å²) in [5.41, 5.74) is 0. The Morgan fingerprint density at radius 2 is 0.588 bits per heavy atom. The average Bonchev–Trinajstić information content (AvgIpc) is 3.11. The molecule has 0 N–H and O–H groups in total. The summed E-state index contributed by atoms with van der Waals surface area (Å²) in [5.74, 6) is -2.33. The summed E-state index contributed by atoms with van der Waals surface area (Å²) in [6.45, 7) is 4.62. The first-order chi connectivity index (χ1) is 47.6. The maximum absolute atomic E-state index is 13.0. The Labute approximate surface area is 598 Å². The first-order valence-electron chi connectivity index (χ1n) is 40.0. The van der Waals surface area contributed by atoms with E-state index in [-0.39, 0.29) is 38.6 Å². The molecule has 554 valence electrons. The van der Waals surface area contributed by atoms with E-state index < -0.39 is 24.3 Å². The van der Waals surface area contributed by atoms with Gasteiger partial charge in [-0.1, -0.05) is 346 Å². The number of unbranched alkanes of at least 4 members (excludes halogenated alkanes) is 34. The van der Waals surface area contributed by atoms with Gasteiger partial charge in [-0.15, -0.1) is 0 Å². The van der Waals surface area contributed by atoms with E-state index in [1.807, 2.05) is 21.1 Å². The predicted octanol–water partition coefficient (Wildman–Crippen LogP) is 24.5. The van der Waals surface area contributed by atoms with Crippen LogP contribution in [0.2, 0.25) is 0 Å². The number of ether oxygens (including phenoxy) is 4. The largest absolute Gasteiger partial charge is 0.545 e. The van der Waals surface area contributed by atoms with Gasteiger partial charge in [0, 0.05) is 12.8 Å². The molecule has 2 atom stereocenters. The lowest BCUT2D eigenvalue weighted by molar-refractivity contribution is -0.870. The minimum Gasteiger partial charge on any atom is -0.545 e. The number of carbonyl (C=O) groups is 3. The number of carbonyl (C=O) groups excluding carboxylic acids is 3. The third-order valence-electron chi connectivity index (χ3n) is 17.1. The van der Waals surface area contributed by atoms with Crippen molar-refractivity contribution in [3.8, 4) is 0 Å². The standard InChI is InChI=1S/C88H149NO8/c1-6-8-10-12-14-16-18-20-22-24-26-28-30-32-34-36-38-40-42-43-45-47-49-51-53-55-57-59-61-63-65-67-69-71-73-75-77-79-86(91)97-84(83-96-88(87(92)93)94-81-80-89(3,4)5)82-95-85(90)78-76-74-72-70-68-66-64-62-60-58-56-54-52-50-48-46-44-41-39-37-35-33-31-29-27-25-23-21-19-17-15-13-11-9-7-2/h8,10,14,16,20,22,25-28,32,34,38,40,43,45,49,51,55,57,61,63,67,69,84,88H,6-7,9,11-13,15,17-19,21,23-24,29-31,33,35-37,39,41-42,44,46-48,50,52-54,56,58-60,62,64-66,68,70-83H2,1-5H3/b10-8-,16-14-,22-20-,27-25-,28-26-,34-32-,40-38-,45-43-,51-49-,57-55-,63-61-,69-67-. The lowest BCUT2D eigenvalue weighted by Gasteiger charge is -2.26. The van der Waals surface area contributed by atoms with E-state index in [1.165, 1.54) is 193 Å². The summed E-state index contributed by atoms with van der Waals surface area (Å²) in [6, 6.07) is 0. The van der Waals surface area contributed by atoms with Crippen LogP contribution in [0.5, 0.6) is 0 Å². The van der Waals surface area contributed by atoms with Crippen LogP contribution in [0.15, 0.2) is 146 Å². The zero-order valence-electron chi connectivity index (χ0n) is 63.4. The molecule has 0 amide bonds. The molecule has 0 spiro atoms. The Kier molecular flexibility index (Phi) is 73.1. The summed E-state index contributed by atoms with van der Waals surface area (Å²) in [6.07, 6.45) is 110. The van der Waals surface area contributed by atoms with Crippen LogP contribution in [0.4, 0.5) is 0 Å². The molecule has 0 aromatic carbocycles. The van der Waals surface area contributed by atoms with Crippen molar-refractivity contribution in [1.29, 1.82) is 0 Å². The third kappa shape index (κ3) is 78.4. The molecule has 0 fully saturated rings. The summed E-state index contributed by atoms with van der Waals surface area (Å²) in [7, 11) is 5.92. The SMILES string of the molecule is CC/C=C\C/C=C\C/C=C\C/C=C\C/C=C\C/C=C\C/C=C\C/C=C\C/C=C\C/C=C\C/C=C\CCCCCC(=O)OC(COC(=O)CCCCCCCCCCCCCCCCCCCCCCCCC/C=C\CCCCCCCCCC)COC(OCC[N+](C)(C)C)C(=O)[O-]. The average molecular weight is 1350 g/mol. The lowest BCUT2D eigenvalue weighted by atomic mass is 10.0. The smallest absolute Gasteiger partial charge is 0.306 e. The Morgan fingerprint density at radius 3 is 0.897 bits per heavy atom. The van der Waals surface area contributed by atoms with E-state index in [4.69, 9.17) is 18.9 Å². The molecule has 97 heavy (non-hydrogen) atoms. The number of nitrogens with zero attached hydrogens (tertiary/aromatic N) is 1. The van der Waals surface area contributed by atoms with Crippen LogP contribution in [0.25, 0.3) is 0 Å².